The van der Waals surface area contributed by atoms with Gasteiger partial charge in [0.05, 0.1) is 0 Å². The molecular formula is C11H12F2O. The zero-order valence-electron chi connectivity index (χ0n) is 8.40. The summed E-state index contributed by atoms with van der Waals surface area (Å²) in [5, 5.41) is 0. The molecular weight excluding hydrogens is 186 g/mol. The summed E-state index contributed by atoms with van der Waals surface area (Å²) in [6, 6.07) is 3.82. The average molecular weight is 198 g/mol. The summed E-state index contributed by atoms with van der Waals surface area (Å²) in [7, 11) is 0. The quantitative estimate of drug-likeness (QED) is 0.667. The Kier molecular flexibility index (Phi) is 2.69. The van der Waals surface area contributed by atoms with Crippen LogP contribution in [0.2, 0.25) is 0 Å². The maximum Gasteiger partial charge on any atom is 0.199 e. The Morgan fingerprint density at radius 3 is 2.29 bits per heavy atom. The van der Waals surface area contributed by atoms with Gasteiger partial charge in [-0.15, -0.1) is 0 Å². The van der Waals surface area contributed by atoms with Crippen LogP contribution in [-0.2, 0) is 0 Å². The molecule has 0 saturated carbocycles. The van der Waals surface area contributed by atoms with Gasteiger partial charge in [-0.25, -0.2) is 8.78 Å². The molecule has 0 amide bonds. The minimum absolute atomic E-state index is 0.0787. The van der Waals surface area contributed by atoms with Crippen LogP contribution in [0.1, 0.15) is 29.8 Å². The Morgan fingerprint density at radius 1 is 1.29 bits per heavy atom. The first kappa shape index (κ1) is 10.8. The molecule has 0 aromatic heterocycles. The Morgan fingerprint density at radius 2 is 1.86 bits per heavy atom. The third kappa shape index (κ3) is 2.37. The predicted octanol–water partition coefficient (Wildman–Crippen LogP) is 3.06. The van der Waals surface area contributed by atoms with Gasteiger partial charge in [-0.3, -0.25) is 4.79 Å². The smallest absolute Gasteiger partial charge is 0.199 e. The molecule has 0 heterocycles. The lowest BCUT2D eigenvalue weighted by atomic mass is 9.97. The van der Waals surface area contributed by atoms with Gasteiger partial charge in [0.2, 0.25) is 0 Å². The highest BCUT2D eigenvalue weighted by Crippen LogP contribution is 2.18. The number of alkyl halides is 1. The number of hydrogen-bond donors (Lipinski definition) is 0. The van der Waals surface area contributed by atoms with Gasteiger partial charge >= 0.3 is 0 Å². The van der Waals surface area contributed by atoms with Crippen LogP contribution in [0.3, 0.4) is 0 Å². The first-order valence-corrected chi connectivity index (χ1v) is 4.31. The summed E-state index contributed by atoms with van der Waals surface area (Å²) in [5.41, 5.74) is -1.27. The highest BCUT2D eigenvalue weighted by Gasteiger charge is 2.28. The van der Waals surface area contributed by atoms with Gasteiger partial charge in [-0.05, 0) is 44.5 Å². The summed E-state index contributed by atoms with van der Waals surface area (Å²) in [6.45, 7) is 3.98. The van der Waals surface area contributed by atoms with Crippen molar-refractivity contribution in [2.75, 3.05) is 0 Å². The molecule has 76 valence electrons. The zero-order valence-corrected chi connectivity index (χ0v) is 8.40. The molecule has 0 spiro atoms. The third-order valence-corrected chi connectivity index (χ3v) is 1.84. The van der Waals surface area contributed by atoms with Crippen molar-refractivity contribution >= 4 is 5.78 Å². The molecule has 14 heavy (non-hydrogen) atoms. The van der Waals surface area contributed by atoms with E-state index in [-0.39, 0.29) is 5.56 Å². The van der Waals surface area contributed by atoms with Gasteiger partial charge < -0.3 is 0 Å². The molecule has 1 aromatic carbocycles. The van der Waals surface area contributed by atoms with Crippen molar-refractivity contribution in [2.24, 2.45) is 0 Å². The molecule has 0 atom stereocenters. The van der Waals surface area contributed by atoms with Crippen LogP contribution in [0.25, 0.3) is 0 Å². The van der Waals surface area contributed by atoms with Crippen molar-refractivity contribution in [3.05, 3.63) is 35.1 Å². The van der Waals surface area contributed by atoms with Crippen molar-refractivity contribution in [3.63, 3.8) is 0 Å². The van der Waals surface area contributed by atoms with E-state index < -0.39 is 17.3 Å². The highest BCUT2D eigenvalue weighted by atomic mass is 19.1. The van der Waals surface area contributed by atoms with Crippen LogP contribution in [0.5, 0.6) is 0 Å². The zero-order chi connectivity index (χ0) is 10.9. The molecule has 1 rings (SSSR count). The van der Waals surface area contributed by atoms with Gasteiger partial charge in [-0.1, -0.05) is 0 Å². The molecule has 0 aliphatic rings. The van der Waals surface area contributed by atoms with Crippen molar-refractivity contribution in [1.29, 1.82) is 0 Å². The molecule has 1 aromatic rings. The lowest BCUT2D eigenvalue weighted by Gasteiger charge is -2.12. The number of hydrogen-bond acceptors (Lipinski definition) is 1. The Labute approximate surface area is 81.7 Å². The van der Waals surface area contributed by atoms with Gasteiger partial charge in [0, 0.05) is 5.56 Å². The van der Waals surface area contributed by atoms with Crippen molar-refractivity contribution in [2.45, 2.75) is 26.4 Å². The number of aryl methyl sites for hydroxylation is 1. The molecule has 1 nitrogen and oxygen atoms in total. The summed E-state index contributed by atoms with van der Waals surface area (Å²) in [6.07, 6.45) is 0. The molecule has 0 unspecified atom stereocenters. The van der Waals surface area contributed by atoms with Gasteiger partial charge in [0.15, 0.2) is 11.5 Å². The first-order chi connectivity index (χ1) is 6.30. The fourth-order valence-corrected chi connectivity index (χ4v) is 1.21. The van der Waals surface area contributed by atoms with E-state index >= 15 is 0 Å². The third-order valence-electron chi connectivity index (χ3n) is 1.84. The number of ketones is 1. The second-order valence-electron chi connectivity index (χ2n) is 3.82. The second kappa shape index (κ2) is 3.48. The van der Waals surface area contributed by atoms with Crippen molar-refractivity contribution in [1.82, 2.24) is 0 Å². The number of carbonyl (C=O) groups is 1. The second-order valence-corrected chi connectivity index (χ2v) is 3.82. The van der Waals surface area contributed by atoms with E-state index in [1.54, 1.807) is 6.92 Å². The highest BCUT2D eigenvalue weighted by molar-refractivity contribution is 6.01. The molecule has 0 saturated heterocycles. The van der Waals surface area contributed by atoms with E-state index in [1.165, 1.54) is 12.1 Å². The number of Topliss-reactive ketones (excluding diaryl/α,β-unsaturated/α-hetero) is 1. The van der Waals surface area contributed by atoms with Gasteiger partial charge in [0.25, 0.3) is 0 Å². The Hall–Kier alpha value is -1.25. The Bertz CT molecular complexity index is 344. The van der Waals surface area contributed by atoms with Crippen molar-refractivity contribution in [3.8, 4) is 0 Å². The maximum absolute atomic E-state index is 13.3. The average Bonchev–Trinajstić information content (AvgIpc) is 1.99. The normalized spacial score (nSPS) is 11.5. The lowest BCUT2D eigenvalue weighted by molar-refractivity contribution is 0.0759. The molecule has 0 N–H and O–H groups in total. The fraction of sp³-hybridized carbons (Fsp3) is 0.364. The minimum Gasteiger partial charge on any atom is -0.291 e. The number of benzene rings is 1. The van der Waals surface area contributed by atoms with E-state index in [2.05, 4.69) is 0 Å². The summed E-state index contributed by atoms with van der Waals surface area (Å²) in [5.74, 6) is -1.21. The SMILES string of the molecule is Cc1cc(F)cc(C(=O)C(C)(C)F)c1. The summed E-state index contributed by atoms with van der Waals surface area (Å²) in [4.78, 5) is 11.4. The van der Waals surface area contributed by atoms with E-state index in [1.807, 2.05) is 0 Å². The molecule has 0 bridgehead atoms. The summed E-state index contributed by atoms with van der Waals surface area (Å²) >= 11 is 0. The molecule has 0 aliphatic carbocycles. The van der Waals surface area contributed by atoms with Crippen LogP contribution in [0, 0.1) is 12.7 Å². The van der Waals surface area contributed by atoms with Crippen molar-refractivity contribution < 1.29 is 13.6 Å². The van der Waals surface area contributed by atoms with E-state index in [0.717, 1.165) is 19.9 Å². The largest absolute Gasteiger partial charge is 0.291 e. The number of rotatable bonds is 2. The predicted molar refractivity (Wildman–Crippen MR) is 50.7 cm³/mol. The van der Waals surface area contributed by atoms with Gasteiger partial charge in [0.1, 0.15) is 5.82 Å². The van der Waals surface area contributed by atoms with Crippen LogP contribution < -0.4 is 0 Å². The fourth-order valence-electron chi connectivity index (χ4n) is 1.21. The molecule has 3 heteroatoms. The van der Waals surface area contributed by atoms with E-state index in [0.29, 0.717) is 5.56 Å². The minimum atomic E-state index is -1.96. The molecule has 0 fully saturated rings. The van der Waals surface area contributed by atoms with Gasteiger partial charge in [-0.2, -0.15) is 0 Å². The Balaban J connectivity index is 3.14. The van der Waals surface area contributed by atoms with E-state index in [4.69, 9.17) is 0 Å². The topological polar surface area (TPSA) is 17.1 Å². The van der Waals surface area contributed by atoms with Crippen LogP contribution >= 0.6 is 0 Å². The van der Waals surface area contributed by atoms with Crippen LogP contribution in [0.15, 0.2) is 18.2 Å². The maximum atomic E-state index is 13.3. The number of halogens is 2. The first-order valence-electron chi connectivity index (χ1n) is 4.31. The molecule has 0 aliphatic heterocycles. The number of carbonyl (C=O) groups excluding carboxylic acids is 1. The molecule has 0 radical (unpaired) electrons. The summed E-state index contributed by atoms with van der Waals surface area (Å²) < 4.78 is 26.2. The van der Waals surface area contributed by atoms with Crippen LogP contribution in [-0.4, -0.2) is 11.5 Å². The van der Waals surface area contributed by atoms with Crippen LogP contribution in [0.4, 0.5) is 8.78 Å². The van der Waals surface area contributed by atoms with E-state index in [9.17, 15) is 13.6 Å². The monoisotopic (exact) mass is 198 g/mol. The standard InChI is InChI=1S/C11H12F2O/c1-7-4-8(6-9(12)5-7)10(14)11(2,3)13/h4-6H,1-3H3. The lowest BCUT2D eigenvalue weighted by Crippen LogP contribution is -2.26.